The van der Waals surface area contributed by atoms with Crippen LogP contribution in [0.4, 0.5) is 0 Å². The van der Waals surface area contributed by atoms with Crippen molar-refractivity contribution >= 4 is 0 Å². The zero-order valence-electron chi connectivity index (χ0n) is 11.1. The van der Waals surface area contributed by atoms with Crippen LogP contribution in [-0.4, -0.2) is 49.1 Å². The third-order valence-corrected chi connectivity index (χ3v) is 4.11. The van der Waals surface area contributed by atoms with Crippen molar-refractivity contribution in [2.24, 2.45) is 0 Å². The fourth-order valence-electron chi connectivity index (χ4n) is 2.90. The Kier molecular flexibility index (Phi) is 5.07. The Hall–Kier alpha value is -0.0800. The third-order valence-electron chi connectivity index (χ3n) is 4.11. The molecular formula is C13H28N2. The Morgan fingerprint density at radius 1 is 0.800 bits per heavy atom. The largest absolute Gasteiger partial charge is 0.306 e. The highest BCUT2D eigenvalue weighted by molar-refractivity contribution is 4.95. The minimum atomic E-state index is 0.588. The Labute approximate surface area is 95.6 Å². The first-order chi connectivity index (χ1) is 7.23. The van der Waals surface area contributed by atoms with Crippen LogP contribution >= 0.6 is 0 Å². The monoisotopic (exact) mass is 212 g/mol. The van der Waals surface area contributed by atoms with Crippen molar-refractivity contribution in [1.29, 1.82) is 0 Å². The van der Waals surface area contributed by atoms with Gasteiger partial charge in [-0.1, -0.05) is 20.3 Å². The van der Waals surface area contributed by atoms with Gasteiger partial charge in [0.15, 0.2) is 0 Å². The van der Waals surface area contributed by atoms with E-state index in [1.807, 2.05) is 13.8 Å². The molecular weight excluding hydrogens is 184 g/mol. The van der Waals surface area contributed by atoms with Gasteiger partial charge in [0, 0.05) is 5.54 Å². The summed E-state index contributed by atoms with van der Waals surface area (Å²) in [6.07, 6.45) is 7.08. The quantitative estimate of drug-likeness (QED) is 0.609. The molecule has 2 aliphatic heterocycles. The van der Waals surface area contributed by atoms with Crippen LogP contribution in [0.2, 0.25) is 0 Å². The van der Waals surface area contributed by atoms with Crippen molar-refractivity contribution in [3.05, 3.63) is 0 Å². The SMILES string of the molecule is CC.CN1CCC2(CCCCN2C)CC1. The molecule has 2 heteroatoms. The maximum atomic E-state index is 2.63. The predicted octanol–water partition coefficient (Wildman–Crippen LogP) is 2.59. The molecule has 2 aliphatic rings. The molecule has 0 aliphatic carbocycles. The summed E-state index contributed by atoms with van der Waals surface area (Å²) in [5.74, 6) is 0. The molecule has 0 radical (unpaired) electrons. The van der Waals surface area contributed by atoms with Crippen molar-refractivity contribution < 1.29 is 0 Å². The average molecular weight is 212 g/mol. The van der Waals surface area contributed by atoms with Crippen molar-refractivity contribution in [3.63, 3.8) is 0 Å². The van der Waals surface area contributed by atoms with Gasteiger partial charge in [0.25, 0.3) is 0 Å². The first-order valence-electron chi connectivity index (χ1n) is 6.63. The van der Waals surface area contributed by atoms with Gasteiger partial charge in [-0.05, 0) is 59.4 Å². The molecule has 0 atom stereocenters. The zero-order valence-corrected chi connectivity index (χ0v) is 11.1. The first-order valence-corrected chi connectivity index (χ1v) is 6.63. The lowest BCUT2D eigenvalue weighted by Crippen LogP contribution is -2.55. The fraction of sp³-hybridized carbons (Fsp3) is 1.00. The molecule has 2 nitrogen and oxygen atoms in total. The number of piperidine rings is 2. The second-order valence-electron chi connectivity index (χ2n) is 4.91. The summed E-state index contributed by atoms with van der Waals surface area (Å²) in [5.41, 5.74) is 0.588. The molecule has 0 N–H and O–H groups in total. The van der Waals surface area contributed by atoms with Crippen molar-refractivity contribution in [3.8, 4) is 0 Å². The van der Waals surface area contributed by atoms with Crippen LogP contribution in [0.5, 0.6) is 0 Å². The lowest BCUT2D eigenvalue weighted by Gasteiger charge is -2.49. The Morgan fingerprint density at radius 3 is 1.93 bits per heavy atom. The van der Waals surface area contributed by atoms with Crippen molar-refractivity contribution in [2.75, 3.05) is 33.7 Å². The van der Waals surface area contributed by atoms with Crippen LogP contribution in [0.25, 0.3) is 0 Å². The zero-order chi connectivity index (χ0) is 11.3. The highest BCUT2D eigenvalue weighted by Gasteiger charge is 2.38. The van der Waals surface area contributed by atoms with Gasteiger partial charge in [-0.2, -0.15) is 0 Å². The van der Waals surface area contributed by atoms with E-state index in [1.54, 1.807) is 0 Å². The first kappa shape index (κ1) is 13.0. The Morgan fingerprint density at radius 2 is 1.40 bits per heavy atom. The van der Waals surface area contributed by atoms with E-state index in [2.05, 4.69) is 23.9 Å². The van der Waals surface area contributed by atoms with Crippen molar-refractivity contribution in [2.45, 2.75) is 51.5 Å². The maximum Gasteiger partial charge on any atom is 0.0230 e. The molecule has 90 valence electrons. The fourth-order valence-corrected chi connectivity index (χ4v) is 2.90. The summed E-state index contributed by atoms with van der Waals surface area (Å²) in [5, 5.41) is 0. The van der Waals surface area contributed by atoms with Crippen LogP contribution in [0.15, 0.2) is 0 Å². The Bertz CT molecular complexity index is 171. The molecule has 2 saturated heterocycles. The Balaban J connectivity index is 0.000000531. The van der Waals surface area contributed by atoms with Crippen LogP contribution in [0, 0.1) is 0 Å². The summed E-state index contributed by atoms with van der Waals surface area (Å²) < 4.78 is 0. The predicted molar refractivity (Wildman–Crippen MR) is 67.3 cm³/mol. The average Bonchev–Trinajstić information content (AvgIpc) is 2.29. The minimum Gasteiger partial charge on any atom is -0.306 e. The van der Waals surface area contributed by atoms with E-state index in [-0.39, 0.29) is 0 Å². The van der Waals surface area contributed by atoms with Crippen LogP contribution < -0.4 is 0 Å². The standard InChI is InChI=1S/C11H22N2.C2H6/c1-12-9-6-11(7-10-12)5-3-4-8-13(11)2;1-2/h3-10H2,1-2H3;1-2H3. The number of nitrogens with zero attached hydrogens (tertiary/aromatic N) is 2. The molecule has 0 aromatic rings. The normalized spacial score (nSPS) is 27.2. The molecule has 0 amide bonds. The summed E-state index contributed by atoms with van der Waals surface area (Å²) >= 11 is 0. The summed E-state index contributed by atoms with van der Waals surface area (Å²) in [6, 6.07) is 0. The lowest BCUT2D eigenvalue weighted by atomic mass is 9.79. The number of rotatable bonds is 0. The van der Waals surface area contributed by atoms with Crippen molar-refractivity contribution in [1.82, 2.24) is 9.80 Å². The smallest absolute Gasteiger partial charge is 0.0230 e. The van der Waals surface area contributed by atoms with Gasteiger partial charge in [-0.25, -0.2) is 0 Å². The van der Waals surface area contributed by atoms with E-state index in [0.717, 1.165) is 0 Å². The molecule has 0 bridgehead atoms. The second kappa shape index (κ2) is 5.86. The molecule has 0 aromatic carbocycles. The molecule has 2 heterocycles. The molecule has 2 fully saturated rings. The molecule has 15 heavy (non-hydrogen) atoms. The molecule has 2 rings (SSSR count). The van der Waals surface area contributed by atoms with Gasteiger partial charge >= 0.3 is 0 Å². The van der Waals surface area contributed by atoms with Gasteiger partial charge in [0.05, 0.1) is 0 Å². The molecule has 1 spiro atoms. The number of likely N-dealkylation sites (tertiary alicyclic amines) is 2. The third kappa shape index (κ3) is 2.94. The topological polar surface area (TPSA) is 6.48 Å². The number of hydrogen-bond acceptors (Lipinski definition) is 2. The van der Waals surface area contributed by atoms with Crippen LogP contribution in [0.3, 0.4) is 0 Å². The lowest BCUT2D eigenvalue weighted by molar-refractivity contribution is 0.0167. The van der Waals surface area contributed by atoms with Crippen LogP contribution in [-0.2, 0) is 0 Å². The summed E-state index contributed by atoms with van der Waals surface area (Å²) in [6.45, 7) is 7.92. The van der Waals surface area contributed by atoms with Crippen LogP contribution in [0.1, 0.15) is 46.0 Å². The van der Waals surface area contributed by atoms with E-state index >= 15 is 0 Å². The highest BCUT2D eigenvalue weighted by atomic mass is 15.2. The van der Waals surface area contributed by atoms with E-state index < -0.39 is 0 Å². The van der Waals surface area contributed by atoms with Gasteiger partial charge in [0.1, 0.15) is 0 Å². The van der Waals surface area contributed by atoms with Gasteiger partial charge in [-0.15, -0.1) is 0 Å². The number of hydrogen-bond donors (Lipinski definition) is 0. The van der Waals surface area contributed by atoms with Gasteiger partial charge < -0.3 is 9.80 Å². The summed E-state index contributed by atoms with van der Waals surface area (Å²) in [4.78, 5) is 5.09. The van der Waals surface area contributed by atoms with Gasteiger partial charge in [0.2, 0.25) is 0 Å². The molecule has 0 saturated carbocycles. The maximum absolute atomic E-state index is 2.63. The second-order valence-corrected chi connectivity index (χ2v) is 4.91. The van der Waals surface area contributed by atoms with E-state index in [0.29, 0.717) is 5.54 Å². The van der Waals surface area contributed by atoms with E-state index in [9.17, 15) is 0 Å². The molecule has 0 aromatic heterocycles. The van der Waals surface area contributed by atoms with E-state index in [1.165, 1.54) is 51.7 Å². The minimum absolute atomic E-state index is 0.588. The summed E-state index contributed by atoms with van der Waals surface area (Å²) in [7, 11) is 4.57. The molecule has 0 unspecified atom stereocenters. The highest BCUT2D eigenvalue weighted by Crippen LogP contribution is 2.35. The van der Waals surface area contributed by atoms with E-state index in [4.69, 9.17) is 0 Å². The van der Waals surface area contributed by atoms with Gasteiger partial charge in [-0.3, -0.25) is 0 Å².